The van der Waals surface area contributed by atoms with E-state index in [0.29, 0.717) is 12.5 Å². The number of rotatable bonds is 7. The number of likely N-dealkylation sites (N-methyl/N-ethyl adjacent to an activating group) is 1. The minimum atomic E-state index is 0.388. The van der Waals surface area contributed by atoms with Crippen LogP contribution in [0.4, 0.5) is 0 Å². The molecule has 0 spiro atoms. The van der Waals surface area contributed by atoms with Crippen LogP contribution in [0.5, 0.6) is 5.75 Å². The van der Waals surface area contributed by atoms with Gasteiger partial charge in [-0.05, 0) is 38.1 Å². The smallest absolute Gasteiger partial charge is 0.122 e. The summed E-state index contributed by atoms with van der Waals surface area (Å²) >= 11 is 0. The van der Waals surface area contributed by atoms with Gasteiger partial charge in [0.15, 0.2) is 0 Å². The lowest BCUT2D eigenvalue weighted by Gasteiger charge is -2.17. The molecule has 1 N–H and O–H groups in total. The van der Waals surface area contributed by atoms with Crippen molar-refractivity contribution in [1.82, 2.24) is 5.32 Å². The lowest BCUT2D eigenvalue weighted by molar-refractivity contribution is 0.178. The molecule has 0 aromatic heterocycles. The average Bonchev–Trinajstić information content (AvgIpc) is 2.32. The first-order valence-corrected chi connectivity index (χ1v) is 6.09. The molecule has 0 amide bonds. The van der Waals surface area contributed by atoms with E-state index in [1.807, 2.05) is 20.0 Å². The summed E-state index contributed by atoms with van der Waals surface area (Å²) in [7, 11) is 3.70. The van der Waals surface area contributed by atoms with Crippen molar-refractivity contribution < 1.29 is 9.47 Å². The Kier molecular flexibility index (Phi) is 6.01. The summed E-state index contributed by atoms with van der Waals surface area (Å²) in [5.74, 6) is 1.36. The van der Waals surface area contributed by atoms with E-state index in [1.54, 1.807) is 7.11 Å². The van der Waals surface area contributed by atoms with Crippen LogP contribution in [-0.2, 0) is 4.74 Å². The van der Waals surface area contributed by atoms with E-state index >= 15 is 0 Å². The third-order valence-corrected chi connectivity index (χ3v) is 2.79. The predicted molar refractivity (Wildman–Crippen MR) is 70.9 cm³/mol. The second-order valence-electron chi connectivity index (χ2n) is 4.17. The average molecular weight is 237 g/mol. The summed E-state index contributed by atoms with van der Waals surface area (Å²) in [5.41, 5.74) is 2.48. The molecule has 0 aliphatic heterocycles. The van der Waals surface area contributed by atoms with Crippen LogP contribution in [0.3, 0.4) is 0 Å². The van der Waals surface area contributed by atoms with E-state index in [-0.39, 0.29) is 0 Å². The van der Waals surface area contributed by atoms with Crippen molar-refractivity contribution in [3.05, 3.63) is 29.3 Å². The van der Waals surface area contributed by atoms with Crippen LogP contribution in [0, 0.1) is 6.92 Å². The summed E-state index contributed by atoms with van der Waals surface area (Å²) in [6.45, 7) is 6.44. The van der Waals surface area contributed by atoms with Gasteiger partial charge in [-0.2, -0.15) is 0 Å². The highest BCUT2D eigenvalue weighted by molar-refractivity contribution is 5.37. The van der Waals surface area contributed by atoms with Gasteiger partial charge in [-0.25, -0.2) is 0 Å². The van der Waals surface area contributed by atoms with Crippen molar-refractivity contribution in [2.75, 3.05) is 33.9 Å². The van der Waals surface area contributed by atoms with Gasteiger partial charge in [0.1, 0.15) is 5.75 Å². The maximum Gasteiger partial charge on any atom is 0.122 e. The van der Waals surface area contributed by atoms with E-state index in [2.05, 4.69) is 24.4 Å². The zero-order valence-electron chi connectivity index (χ0n) is 11.2. The van der Waals surface area contributed by atoms with Crippen molar-refractivity contribution in [3.63, 3.8) is 0 Å². The highest BCUT2D eigenvalue weighted by atomic mass is 16.5. The van der Waals surface area contributed by atoms with E-state index in [9.17, 15) is 0 Å². The molecular weight excluding hydrogens is 214 g/mol. The standard InChI is InChI=1S/C14H23NO2/c1-5-17-14-7-6-12(8-11(14)2)13(9-15-3)10-16-4/h6-8,13,15H,5,9-10H2,1-4H3. The minimum Gasteiger partial charge on any atom is -0.494 e. The summed E-state index contributed by atoms with van der Waals surface area (Å²) in [6.07, 6.45) is 0. The molecule has 0 saturated heterocycles. The normalized spacial score (nSPS) is 12.5. The first-order chi connectivity index (χ1) is 8.22. The highest BCUT2D eigenvalue weighted by Gasteiger charge is 2.12. The first kappa shape index (κ1) is 14.0. The van der Waals surface area contributed by atoms with Gasteiger partial charge in [-0.1, -0.05) is 12.1 Å². The number of benzene rings is 1. The topological polar surface area (TPSA) is 30.5 Å². The summed E-state index contributed by atoms with van der Waals surface area (Å²) in [4.78, 5) is 0. The SMILES string of the molecule is CCOc1ccc(C(CNC)COC)cc1C. The molecule has 0 fully saturated rings. The molecular formula is C14H23NO2. The van der Waals surface area contributed by atoms with E-state index in [0.717, 1.165) is 18.9 Å². The first-order valence-electron chi connectivity index (χ1n) is 6.09. The highest BCUT2D eigenvalue weighted by Crippen LogP contribution is 2.24. The number of nitrogens with one attached hydrogen (secondary N) is 1. The second kappa shape index (κ2) is 7.30. The molecule has 0 saturated carbocycles. The molecule has 0 heterocycles. The molecule has 3 heteroatoms. The van der Waals surface area contributed by atoms with Gasteiger partial charge in [-0.15, -0.1) is 0 Å². The maximum absolute atomic E-state index is 5.54. The van der Waals surface area contributed by atoms with E-state index < -0.39 is 0 Å². The third kappa shape index (κ3) is 4.02. The quantitative estimate of drug-likeness (QED) is 0.789. The molecule has 0 bridgehead atoms. The van der Waals surface area contributed by atoms with Gasteiger partial charge in [0, 0.05) is 19.6 Å². The van der Waals surface area contributed by atoms with Gasteiger partial charge in [-0.3, -0.25) is 0 Å². The van der Waals surface area contributed by atoms with Crippen LogP contribution in [0.2, 0.25) is 0 Å². The molecule has 1 aromatic carbocycles. The predicted octanol–water partition coefficient (Wildman–Crippen LogP) is 2.34. The Bertz CT molecular complexity index is 333. The molecule has 0 radical (unpaired) electrons. The van der Waals surface area contributed by atoms with Gasteiger partial charge in [0.25, 0.3) is 0 Å². The number of aryl methyl sites for hydroxylation is 1. The third-order valence-electron chi connectivity index (χ3n) is 2.79. The van der Waals surface area contributed by atoms with Gasteiger partial charge in [0.05, 0.1) is 13.2 Å². The summed E-state index contributed by atoms with van der Waals surface area (Å²) in [5, 5.41) is 3.20. The summed E-state index contributed by atoms with van der Waals surface area (Å²) < 4.78 is 10.8. The molecule has 96 valence electrons. The van der Waals surface area contributed by atoms with Crippen LogP contribution in [0.25, 0.3) is 0 Å². The number of ether oxygens (including phenoxy) is 2. The molecule has 1 unspecified atom stereocenters. The maximum atomic E-state index is 5.54. The Morgan fingerprint density at radius 3 is 2.65 bits per heavy atom. The largest absolute Gasteiger partial charge is 0.494 e. The number of hydrogen-bond donors (Lipinski definition) is 1. The van der Waals surface area contributed by atoms with Crippen molar-refractivity contribution in [2.24, 2.45) is 0 Å². The fraction of sp³-hybridized carbons (Fsp3) is 0.571. The van der Waals surface area contributed by atoms with Crippen LogP contribution >= 0.6 is 0 Å². The molecule has 0 aliphatic carbocycles. The Morgan fingerprint density at radius 1 is 1.35 bits per heavy atom. The second-order valence-corrected chi connectivity index (χ2v) is 4.17. The van der Waals surface area contributed by atoms with Gasteiger partial charge < -0.3 is 14.8 Å². The van der Waals surface area contributed by atoms with Crippen molar-refractivity contribution >= 4 is 0 Å². The Labute approximate surface area is 104 Å². The van der Waals surface area contributed by atoms with Crippen LogP contribution in [0.15, 0.2) is 18.2 Å². The Hall–Kier alpha value is -1.06. The monoisotopic (exact) mass is 237 g/mol. The molecule has 0 aliphatic rings. The molecule has 1 aromatic rings. The van der Waals surface area contributed by atoms with Crippen molar-refractivity contribution in [2.45, 2.75) is 19.8 Å². The van der Waals surface area contributed by atoms with Gasteiger partial charge in [0.2, 0.25) is 0 Å². The number of methoxy groups -OCH3 is 1. The van der Waals surface area contributed by atoms with Crippen LogP contribution in [-0.4, -0.2) is 33.9 Å². The summed E-state index contributed by atoms with van der Waals surface area (Å²) in [6, 6.07) is 6.36. The Balaban J connectivity index is 2.85. The van der Waals surface area contributed by atoms with E-state index in [1.165, 1.54) is 11.1 Å². The lowest BCUT2D eigenvalue weighted by Crippen LogP contribution is -2.21. The van der Waals surface area contributed by atoms with Crippen LogP contribution in [0.1, 0.15) is 24.0 Å². The molecule has 1 atom stereocenters. The number of hydrogen-bond acceptors (Lipinski definition) is 3. The molecule has 17 heavy (non-hydrogen) atoms. The molecule has 1 rings (SSSR count). The fourth-order valence-corrected chi connectivity index (χ4v) is 1.96. The zero-order valence-corrected chi connectivity index (χ0v) is 11.2. The fourth-order valence-electron chi connectivity index (χ4n) is 1.96. The molecule has 3 nitrogen and oxygen atoms in total. The van der Waals surface area contributed by atoms with Crippen molar-refractivity contribution in [3.8, 4) is 5.75 Å². The van der Waals surface area contributed by atoms with Crippen LogP contribution < -0.4 is 10.1 Å². The van der Waals surface area contributed by atoms with E-state index in [4.69, 9.17) is 9.47 Å². The lowest BCUT2D eigenvalue weighted by atomic mass is 9.98. The zero-order chi connectivity index (χ0) is 12.7. The minimum absolute atomic E-state index is 0.388. The van der Waals surface area contributed by atoms with Gasteiger partial charge >= 0.3 is 0 Å². The van der Waals surface area contributed by atoms with Crippen molar-refractivity contribution in [1.29, 1.82) is 0 Å². The Morgan fingerprint density at radius 2 is 2.12 bits per heavy atom.